The van der Waals surface area contributed by atoms with E-state index in [0.29, 0.717) is 0 Å². The Hall–Kier alpha value is -1.68. The van der Waals surface area contributed by atoms with Gasteiger partial charge >= 0.3 is 0 Å². The summed E-state index contributed by atoms with van der Waals surface area (Å²) in [5, 5.41) is 13.1. The SMILES string of the molecule is Cc1c(CO)cnn1-c1ccc(F)cc1. The van der Waals surface area contributed by atoms with Gasteiger partial charge in [0.2, 0.25) is 0 Å². The van der Waals surface area contributed by atoms with Crippen molar-refractivity contribution in [2.45, 2.75) is 13.5 Å². The van der Waals surface area contributed by atoms with Gasteiger partial charge in [0.1, 0.15) is 5.82 Å². The highest BCUT2D eigenvalue weighted by Gasteiger charge is 2.06. The molecule has 1 heterocycles. The molecular formula is C11H11FN2O. The fourth-order valence-corrected chi connectivity index (χ4v) is 1.44. The predicted molar refractivity (Wildman–Crippen MR) is 54.2 cm³/mol. The van der Waals surface area contributed by atoms with Crippen molar-refractivity contribution in [2.75, 3.05) is 0 Å². The smallest absolute Gasteiger partial charge is 0.123 e. The summed E-state index contributed by atoms with van der Waals surface area (Å²) in [6, 6.07) is 6.07. The molecule has 0 saturated heterocycles. The third-order valence-corrected chi connectivity index (χ3v) is 2.35. The van der Waals surface area contributed by atoms with Gasteiger partial charge in [0, 0.05) is 11.3 Å². The molecule has 3 nitrogen and oxygen atoms in total. The molecule has 1 N–H and O–H groups in total. The molecule has 4 heteroatoms. The van der Waals surface area contributed by atoms with Gasteiger partial charge < -0.3 is 5.11 Å². The first-order valence-corrected chi connectivity index (χ1v) is 4.62. The maximum atomic E-state index is 12.7. The lowest BCUT2D eigenvalue weighted by molar-refractivity contribution is 0.281. The zero-order valence-corrected chi connectivity index (χ0v) is 8.31. The van der Waals surface area contributed by atoms with E-state index in [1.54, 1.807) is 23.0 Å². The Bertz CT molecular complexity index is 462. The van der Waals surface area contributed by atoms with E-state index in [0.717, 1.165) is 16.9 Å². The van der Waals surface area contributed by atoms with Crippen LogP contribution in [-0.2, 0) is 6.61 Å². The number of nitrogens with zero attached hydrogens (tertiary/aromatic N) is 2. The van der Waals surface area contributed by atoms with Gasteiger partial charge in [-0.15, -0.1) is 0 Å². The minimum atomic E-state index is -0.272. The van der Waals surface area contributed by atoms with Gasteiger partial charge in [-0.05, 0) is 31.2 Å². The van der Waals surface area contributed by atoms with Crippen LogP contribution in [0.2, 0.25) is 0 Å². The van der Waals surface area contributed by atoms with E-state index in [1.807, 2.05) is 6.92 Å². The van der Waals surface area contributed by atoms with Gasteiger partial charge in [-0.25, -0.2) is 9.07 Å². The monoisotopic (exact) mass is 206 g/mol. The number of aliphatic hydroxyl groups excluding tert-OH is 1. The molecule has 1 aromatic heterocycles. The van der Waals surface area contributed by atoms with Crippen LogP contribution >= 0.6 is 0 Å². The molecule has 0 fully saturated rings. The highest BCUT2D eigenvalue weighted by Crippen LogP contribution is 2.14. The largest absolute Gasteiger partial charge is 0.392 e. The first-order chi connectivity index (χ1) is 7.22. The van der Waals surface area contributed by atoms with Crippen molar-refractivity contribution in [3.63, 3.8) is 0 Å². The van der Waals surface area contributed by atoms with Crippen LogP contribution in [0.4, 0.5) is 4.39 Å². The molecule has 0 atom stereocenters. The second-order valence-corrected chi connectivity index (χ2v) is 3.30. The van der Waals surface area contributed by atoms with Crippen LogP contribution in [0.1, 0.15) is 11.3 Å². The van der Waals surface area contributed by atoms with E-state index >= 15 is 0 Å². The first-order valence-electron chi connectivity index (χ1n) is 4.62. The molecule has 0 bridgehead atoms. The van der Waals surface area contributed by atoms with E-state index in [1.165, 1.54) is 12.1 Å². The van der Waals surface area contributed by atoms with Crippen molar-refractivity contribution in [3.05, 3.63) is 47.5 Å². The summed E-state index contributed by atoms with van der Waals surface area (Å²) in [5.41, 5.74) is 2.43. The molecule has 2 rings (SSSR count). The molecule has 15 heavy (non-hydrogen) atoms. The molecule has 0 unspecified atom stereocenters. The van der Waals surface area contributed by atoms with E-state index in [4.69, 9.17) is 5.11 Å². The normalized spacial score (nSPS) is 10.6. The van der Waals surface area contributed by atoms with Crippen LogP contribution in [0.3, 0.4) is 0 Å². The van der Waals surface area contributed by atoms with Gasteiger partial charge in [0.25, 0.3) is 0 Å². The highest BCUT2D eigenvalue weighted by molar-refractivity contribution is 5.34. The molecule has 78 valence electrons. The molecule has 1 aromatic carbocycles. The lowest BCUT2D eigenvalue weighted by Gasteiger charge is -2.04. The van der Waals surface area contributed by atoms with E-state index in [-0.39, 0.29) is 12.4 Å². The van der Waals surface area contributed by atoms with Crippen LogP contribution in [0, 0.1) is 12.7 Å². The number of hydrogen-bond donors (Lipinski definition) is 1. The summed E-state index contributed by atoms with van der Waals surface area (Å²) in [5.74, 6) is -0.272. The van der Waals surface area contributed by atoms with Crippen LogP contribution in [0.25, 0.3) is 5.69 Å². The van der Waals surface area contributed by atoms with Crippen molar-refractivity contribution in [1.82, 2.24) is 9.78 Å². The average molecular weight is 206 g/mol. The van der Waals surface area contributed by atoms with Crippen LogP contribution in [-0.4, -0.2) is 14.9 Å². The minimum absolute atomic E-state index is 0.0347. The third-order valence-electron chi connectivity index (χ3n) is 2.35. The maximum absolute atomic E-state index is 12.7. The predicted octanol–water partition coefficient (Wildman–Crippen LogP) is 1.81. The number of hydrogen-bond acceptors (Lipinski definition) is 2. The van der Waals surface area contributed by atoms with Crippen LogP contribution < -0.4 is 0 Å². The molecule has 0 spiro atoms. The van der Waals surface area contributed by atoms with Gasteiger partial charge in [-0.1, -0.05) is 0 Å². The topological polar surface area (TPSA) is 38.1 Å². The van der Waals surface area contributed by atoms with Gasteiger partial charge in [-0.2, -0.15) is 5.10 Å². The third kappa shape index (κ3) is 1.76. The minimum Gasteiger partial charge on any atom is -0.392 e. The van der Waals surface area contributed by atoms with Crippen molar-refractivity contribution in [3.8, 4) is 5.69 Å². The van der Waals surface area contributed by atoms with Crippen molar-refractivity contribution in [2.24, 2.45) is 0 Å². The molecule has 2 aromatic rings. The molecule has 0 radical (unpaired) electrons. The van der Waals surface area contributed by atoms with Crippen molar-refractivity contribution < 1.29 is 9.50 Å². The fraction of sp³-hybridized carbons (Fsp3) is 0.182. The molecule has 0 aliphatic carbocycles. The van der Waals surface area contributed by atoms with Crippen LogP contribution in [0.5, 0.6) is 0 Å². The second-order valence-electron chi connectivity index (χ2n) is 3.30. The molecular weight excluding hydrogens is 195 g/mol. The molecule has 0 amide bonds. The number of aromatic nitrogens is 2. The van der Waals surface area contributed by atoms with Crippen molar-refractivity contribution >= 4 is 0 Å². The Balaban J connectivity index is 2.45. The summed E-state index contributed by atoms with van der Waals surface area (Å²) in [6.07, 6.45) is 1.61. The van der Waals surface area contributed by atoms with E-state index in [9.17, 15) is 4.39 Å². The summed E-state index contributed by atoms with van der Waals surface area (Å²) in [7, 11) is 0. The Labute approximate surface area is 86.8 Å². The summed E-state index contributed by atoms with van der Waals surface area (Å²) in [4.78, 5) is 0. The average Bonchev–Trinajstić information content (AvgIpc) is 2.61. The van der Waals surface area contributed by atoms with Gasteiger partial charge in [0.15, 0.2) is 0 Å². The van der Waals surface area contributed by atoms with Crippen molar-refractivity contribution in [1.29, 1.82) is 0 Å². The number of aliphatic hydroxyl groups is 1. The second kappa shape index (κ2) is 3.82. The number of rotatable bonds is 2. The Morgan fingerprint density at radius 3 is 2.53 bits per heavy atom. The summed E-state index contributed by atoms with van der Waals surface area (Å²) in [6.45, 7) is 1.83. The summed E-state index contributed by atoms with van der Waals surface area (Å²) >= 11 is 0. The quantitative estimate of drug-likeness (QED) is 0.813. The maximum Gasteiger partial charge on any atom is 0.123 e. The highest BCUT2D eigenvalue weighted by atomic mass is 19.1. The fourth-order valence-electron chi connectivity index (χ4n) is 1.44. The molecule has 0 aliphatic rings. The number of benzene rings is 1. The molecule has 0 aliphatic heterocycles. The Kier molecular flexibility index (Phi) is 2.51. The van der Waals surface area contributed by atoms with E-state index in [2.05, 4.69) is 5.10 Å². The zero-order valence-electron chi connectivity index (χ0n) is 8.31. The lowest BCUT2D eigenvalue weighted by atomic mass is 10.2. The van der Waals surface area contributed by atoms with Gasteiger partial charge in [-0.3, -0.25) is 0 Å². The standard InChI is InChI=1S/C11H11FN2O/c1-8-9(7-15)6-13-14(8)11-4-2-10(12)3-5-11/h2-6,15H,7H2,1H3. The Morgan fingerprint density at radius 1 is 1.33 bits per heavy atom. The van der Waals surface area contributed by atoms with Crippen LogP contribution in [0.15, 0.2) is 30.5 Å². The molecule has 0 saturated carbocycles. The van der Waals surface area contributed by atoms with E-state index < -0.39 is 0 Å². The summed E-state index contributed by atoms with van der Waals surface area (Å²) < 4.78 is 14.4. The lowest BCUT2D eigenvalue weighted by Crippen LogP contribution is -1.99. The zero-order chi connectivity index (χ0) is 10.8. The number of halogens is 1. The Morgan fingerprint density at radius 2 is 2.00 bits per heavy atom. The van der Waals surface area contributed by atoms with Gasteiger partial charge in [0.05, 0.1) is 18.5 Å². The first kappa shape index (κ1) is 9.86.